The number of fused-ring (bicyclic) bond motifs is 1. The van der Waals surface area contributed by atoms with Gasteiger partial charge < -0.3 is 0 Å². The maximum atomic E-state index is 12.0. The molecule has 7 nitrogen and oxygen atoms in total. The number of pyridine rings is 1. The molecule has 0 saturated heterocycles. The van der Waals surface area contributed by atoms with Gasteiger partial charge in [-0.1, -0.05) is 0 Å². The van der Waals surface area contributed by atoms with Crippen LogP contribution in [0, 0.1) is 6.92 Å². The Bertz CT molecular complexity index is 675. The summed E-state index contributed by atoms with van der Waals surface area (Å²) in [7, 11) is 0. The Labute approximate surface area is 116 Å². The second-order valence-corrected chi connectivity index (χ2v) is 4.85. The Balaban J connectivity index is 2.39. The number of aromatic nitrogens is 3. The first-order chi connectivity index (χ1) is 9.40. The van der Waals surface area contributed by atoms with Crippen molar-refractivity contribution in [3.8, 4) is 0 Å². The van der Waals surface area contributed by atoms with E-state index in [0.29, 0.717) is 11.3 Å². The monoisotopic (exact) mass is 275 g/mol. The zero-order chi connectivity index (χ0) is 14.9. The van der Waals surface area contributed by atoms with E-state index in [0.717, 1.165) is 11.0 Å². The number of carbonyl (C=O) groups is 2. The van der Waals surface area contributed by atoms with Gasteiger partial charge in [0.2, 0.25) is 5.91 Å². The number of carbonyl (C=O) groups excluding carboxylic acids is 2. The lowest BCUT2D eigenvalue weighted by atomic mass is 10.1. The molecule has 0 radical (unpaired) electrons. The van der Waals surface area contributed by atoms with E-state index in [-0.39, 0.29) is 11.9 Å². The van der Waals surface area contributed by atoms with Crippen molar-refractivity contribution in [1.82, 2.24) is 25.6 Å². The third-order valence-corrected chi connectivity index (χ3v) is 2.85. The molecule has 2 aromatic rings. The first-order valence-electron chi connectivity index (χ1n) is 6.32. The maximum Gasteiger partial charge on any atom is 0.271 e. The van der Waals surface area contributed by atoms with E-state index in [9.17, 15) is 9.59 Å². The quantitative estimate of drug-likeness (QED) is 0.803. The number of hydrazine groups is 1. The van der Waals surface area contributed by atoms with Crippen molar-refractivity contribution in [1.29, 1.82) is 0 Å². The minimum Gasteiger partial charge on any atom is -0.274 e. The molecule has 0 spiro atoms. The van der Waals surface area contributed by atoms with Gasteiger partial charge >= 0.3 is 0 Å². The summed E-state index contributed by atoms with van der Waals surface area (Å²) in [5.74, 6) is -0.734. The molecule has 0 aliphatic rings. The molecule has 0 aromatic carbocycles. The van der Waals surface area contributed by atoms with Crippen molar-refractivity contribution in [3.63, 3.8) is 0 Å². The second-order valence-electron chi connectivity index (χ2n) is 4.85. The molecule has 0 aliphatic carbocycles. The molecule has 2 N–H and O–H groups in total. The van der Waals surface area contributed by atoms with E-state index in [2.05, 4.69) is 20.9 Å². The molecule has 0 saturated carbocycles. The van der Waals surface area contributed by atoms with Crippen LogP contribution in [0.25, 0.3) is 11.0 Å². The molecular weight excluding hydrogens is 258 g/mol. The van der Waals surface area contributed by atoms with Crippen LogP contribution in [0.15, 0.2) is 12.3 Å². The van der Waals surface area contributed by atoms with E-state index >= 15 is 0 Å². The molecule has 2 rings (SSSR count). The normalized spacial score (nSPS) is 10.8. The average molecular weight is 275 g/mol. The van der Waals surface area contributed by atoms with E-state index in [4.69, 9.17) is 0 Å². The van der Waals surface area contributed by atoms with Crippen LogP contribution in [-0.2, 0) is 4.79 Å². The molecule has 7 heteroatoms. The highest BCUT2D eigenvalue weighted by molar-refractivity contribution is 5.98. The van der Waals surface area contributed by atoms with Gasteiger partial charge in [-0.05, 0) is 26.8 Å². The van der Waals surface area contributed by atoms with E-state index in [1.165, 1.54) is 6.92 Å². The summed E-state index contributed by atoms with van der Waals surface area (Å²) in [5.41, 5.74) is 6.32. The van der Waals surface area contributed by atoms with Crippen LogP contribution < -0.4 is 10.9 Å². The second kappa shape index (κ2) is 5.28. The lowest BCUT2D eigenvalue weighted by Gasteiger charge is -2.09. The molecule has 0 fully saturated rings. The van der Waals surface area contributed by atoms with Gasteiger partial charge in [0.1, 0.15) is 0 Å². The smallest absolute Gasteiger partial charge is 0.271 e. The van der Waals surface area contributed by atoms with Crippen LogP contribution >= 0.6 is 0 Å². The van der Waals surface area contributed by atoms with Gasteiger partial charge in [-0.15, -0.1) is 0 Å². The van der Waals surface area contributed by atoms with Gasteiger partial charge in [-0.3, -0.25) is 20.4 Å². The Morgan fingerprint density at radius 3 is 2.60 bits per heavy atom. The average Bonchev–Trinajstić information content (AvgIpc) is 2.77. The summed E-state index contributed by atoms with van der Waals surface area (Å²) in [6.07, 6.45) is 1.68. The highest BCUT2D eigenvalue weighted by Crippen LogP contribution is 2.19. The van der Waals surface area contributed by atoms with Gasteiger partial charge in [0.05, 0.1) is 17.5 Å². The molecular formula is C13H17N5O2. The van der Waals surface area contributed by atoms with Gasteiger partial charge in [0, 0.05) is 18.4 Å². The van der Waals surface area contributed by atoms with Gasteiger partial charge in [0.15, 0.2) is 5.65 Å². The Kier molecular flexibility index (Phi) is 3.69. The number of nitrogens with one attached hydrogen (secondary N) is 2. The van der Waals surface area contributed by atoms with Crippen LogP contribution in [0.4, 0.5) is 0 Å². The highest BCUT2D eigenvalue weighted by Gasteiger charge is 2.15. The number of nitrogens with zero attached hydrogens (tertiary/aromatic N) is 3. The molecule has 106 valence electrons. The van der Waals surface area contributed by atoms with Crippen LogP contribution in [-0.4, -0.2) is 26.6 Å². The molecule has 0 aliphatic heterocycles. The maximum absolute atomic E-state index is 12.0. The van der Waals surface area contributed by atoms with E-state index < -0.39 is 5.91 Å². The molecule has 0 unspecified atom stereocenters. The van der Waals surface area contributed by atoms with Crippen LogP contribution in [0.3, 0.4) is 0 Å². The lowest BCUT2D eigenvalue weighted by molar-refractivity contribution is -0.119. The summed E-state index contributed by atoms with van der Waals surface area (Å²) < 4.78 is 1.80. The topological polar surface area (TPSA) is 88.9 Å². The number of hydrogen-bond acceptors (Lipinski definition) is 4. The third-order valence-electron chi connectivity index (χ3n) is 2.85. The van der Waals surface area contributed by atoms with Crippen molar-refractivity contribution < 1.29 is 9.59 Å². The Morgan fingerprint density at radius 1 is 1.30 bits per heavy atom. The van der Waals surface area contributed by atoms with Gasteiger partial charge in [-0.2, -0.15) is 5.10 Å². The standard InChI is InChI=1S/C13H17N5O2/c1-7(2)18-12-10(6-14-18)5-11(8(3)15-12)13(20)17-16-9(4)19/h5-7H,1-4H3,(H,16,19)(H,17,20). The molecule has 2 heterocycles. The largest absolute Gasteiger partial charge is 0.274 e. The highest BCUT2D eigenvalue weighted by atomic mass is 16.2. The van der Waals surface area contributed by atoms with Crippen molar-refractivity contribution in [2.45, 2.75) is 33.7 Å². The predicted octanol–water partition coefficient (Wildman–Crippen LogP) is 1.10. The molecule has 0 atom stereocenters. The molecule has 0 bridgehead atoms. The van der Waals surface area contributed by atoms with Gasteiger partial charge in [-0.25, -0.2) is 9.67 Å². The summed E-state index contributed by atoms with van der Waals surface area (Å²) in [6, 6.07) is 1.92. The third kappa shape index (κ3) is 2.61. The number of hydrogen-bond donors (Lipinski definition) is 2. The zero-order valence-corrected chi connectivity index (χ0v) is 11.9. The first-order valence-corrected chi connectivity index (χ1v) is 6.32. The van der Waals surface area contributed by atoms with Crippen LogP contribution in [0.5, 0.6) is 0 Å². The van der Waals surface area contributed by atoms with Crippen molar-refractivity contribution in [2.24, 2.45) is 0 Å². The van der Waals surface area contributed by atoms with Crippen molar-refractivity contribution in [3.05, 3.63) is 23.5 Å². The number of aryl methyl sites for hydroxylation is 1. The van der Waals surface area contributed by atoms with Crippen molar-refractivity contribution in [2.75, 3.05) is 0 Å². The fraction of sp³-hybridized carbons (Fsp3) is 0.385. The first kappa shape index (κ1) is 14.0. The summed E-state index contributed by atoms with van der Waals surface area (Å²) >= 11 is 0. The number of rotatable bonds is 2. The predicted molar refractivity (Wildman–Crippen MR) is 73.9 cm³/mol. The van der Waals surface area contributed by atoms with E-state index in [1.807, 2.05) is 13.8 Å². The summed E-state index contributed by atoms with van der Waals surface area (Å²) in [6.45, 7) is 7.10. The fourth-order valence-electron chi connectivity index (χ4n) is 1.89. The molecule has 2 amide bonds. The fourth-order valence-corrected chi connectivity index (χ4v) is 1.89. The van der Waals surface area contributed by atoms with Crippen LogP contribution in [0.2, 0.25) is 0 Å². The zero-order valence-electron chi connectivity index (χ0n) is 11.9. The lowest BCUT2D eigenvalue weighted by Crippen LogP contribution is -2.40. The van der Waals surface area contributed by atoms with Gasteiger partial charge in [0.25, 0.3) is 5.91 Å². The Hall–Kier alpha value is -2.44. The molecule has 20 heavy (non-hydrogen) atoms. The van der Waals surface area contributed by atoms with E-state index in [1.54, 1.807) is 23.9 Å². The summed E-state index contributed by atoms with van der Waals surface area (Å²) in [4.78, 5) is 27.2. The molecule has 2 aromatic heterocycles. The Morgan fingerprint density at radius 2 is 2.00 bits per heavy atom. The minimum atomic E-state index is -0.399. The number of amides is 2. The summed E-state index contributed by atoms with van der Waals surface area (Å²) in [5, 5.41) is 5.05. The van der Waals surface area contributed by atoms with Crippen molar-refractivity contribution >= 4 is 22.8 Å². The minimum absolute atomic E-state index is 0.193. The SMILES string of the molecule is CC(=O)NNC(=O)c1cc2cnn(C(C)C)c2nc1C. The van der Waals surface area contributed by atoms with Crippen LogP contribution in [0.1, 0.15) is 42.9 Å².